The molecule has 7 heteroatoms. The summed E-state index contributed by atoms with van der Waals surface area (Å²) in [7, 11) is -3.54. The molecule has 0 heterocycles. The van der Waals surface area contributed by atoms with Crippen molar-refractivity contribution < 1.29 is 13.2 Å². The second-order valence-corrected chi connectivity index (χ2v) is 8.10. The number of hydrogen-bond donors (Lipinski definition) is 2. The molecule has 0 bridgehead atoms. The third kappa shape index (κ3) is 3.16. The molecule has 1 aromatic rings. The molecule has 5 nitrogen and oxygen atoms in total. The Balaban J connectivity index is 3.22. The molecule has 1 rings (SSSR count). The van der Waals surface area contributed by atoms with Gasteiger partial charge in [0.25, 0.3) is 0 Å². The summed E-state index contributed by atoms with van der Waals surface area (Å²) in [5, 5.41) is 2.59. The summed E-state index contributed by atoms with van der Waals surface area (Å²) in [6.45, 7) is 4.52. The molecule has 0 fully saturated rings. The molecule has 0 aliphatic rings. The van der Waals surface area contributed by atoms with Gasteiger partial charge >= 0.3 is 0 Å². The number of carbonyl (C=O) groups is 1. The zero-order valence-electron chi connectivity index (χ0n) is 11.9. The number of anilines is 1. The van der Waals surface area contributed by atoms with Gasteiger partial charge in [-0.05, 0) is 32.4 Å². The molecule has 0 unspecified atom stereocenters. The van der Waals surface area contributed by atoms with E-state index in [-0.39, 0.29) is 4.99 Å². The molecule has 110 valence electrons. The monoisotopic (exact) mass is 314 g/mol. The Kier molecular flexibility index (Phi) is 4.55. The Morgan fingerprint density at radius 2 is 1.90 bits per heavy atom. The minimum Gasteiger partial charge on any atom is -0.389 e. The van der Waals surface area contributed by atoms with E-state index in [9.17, 15) is 13.2 Å². The zero-order chi connectivity index (χ0) is 15.7. The van der Waals surface area contributed by atoms with E-state index in [1.807, 2.05) is 13.0 Å². The van der Waals surface area contributed by atoms with Crippen LogP contribution in [-0.4, -0.2) is 30.3 Å². The van der Waals surface area contributed by atoms with Gasteiger partial charge in [-0.2, -0.15) is 0 Å². The predicted molar refractivity (Wildman–Crippen MR) is 84.6 cm³/mol. The Labute approximate surface area is 124 Å². The number of thiocarbonyl (C=S) groups is 1. The maximum atomic E-state index is 12.2. The average Bonchev–Trinajstić information content (AvgIpc) is 2.26. The van der Waals surface area contributed by atoms with Crippen LogP contribution in [0.15, 0.2) is 18.2 Å². The number of aryl methyl sites for hydroxylation is 1. The number of hydrogen-bond acceptors (Lipinski definition) is 4. The molecule has 0 saturated heterocycles. The van der Waals surface area contributed by atoms with Crippen LogP contribution in [0.5, 0.6) is 0 Å². The fraction of sp³-hybridized carbons (Fsp3) is 0.385. The van der Waals surface area contributed by atoms with E-state index in [1.165, 1.54) is 13.8 Å². The zero-order valence-corrected chi connectivity index (χ0v) is 13.5. The molecule has 0 saturated carbocycles. The molecule has 0 atom stereocenters. The molecular weight excluding hydrogens is 296 g/mol. The lowest BCUT2D eigenvalue weighted by molar-refractivity contribution is -0.117. The summed E-state index contributed by atoms with van der Waals surface area (Å²) in [5.41, 5.74) is 7.42. The van der Waals surface area contributed by atoms with Crippen LogP contribution in [0.4, 0.5) is 5.69 Å². The maximum absolute atomic E-state index is 12.2. The van der Waals surface area contributed by atoms with Crippen molar-refractivity contribution in [2.24, 2.45) is 5.73 Å². The molecule has 0 radical (unpaired) electrons. The molecule has 1 amide bonds. The average molecular weight is 314 g/mol. The molecular formula is C13H18N2O3S2. The summed E-state index contributed by atoms with van der Waals surface area (Å²) in [6, 6.07) is 5.18. The van der Waals surface area contributed by atoms with Gasteiger partial charge in [-0.3, -0.25) is 4.79 Å². The lowest BCUT2D eigenvalue weighted by atomic mass is 10.1. The predicted octanol–water partition coefficient (Wildman–Crippen LogP) is 1.39. The van der Waals surface area contributed by atoms with Crippen molar-refractivity contribution in [3.63, 3.8) is 0 Å². The van der Waals surface area contributed by atoms with Crippen LogP contribution in [0.25, 0.3) is 0 Å². The van der Waals surface area contributed by atoms with Crippen molar-refractivity contribution in [1.82, 2.24) is 0 Å². The number of carbonyl (C=O) groups excluding carboxylic acids is 1. The Morgan fingerprint density at radius 3 is 2.35 bits per heavy atom. The highest BCUT2D eigenvalue weighted by molar-refractivity contribution is 7.92. The summed E-state index contributed by atoms with van der Waals surface area (Å²) in [4.78, 5) is 12.3. The first-order chi connectivity index (χ1) is 8.98. The lowest BCUT2D eigenvalue weighted by Crippen LogP contribution is -2.44. The summed E-state index contributed by atoms with van der Waals surface area (Å²) in [5.74, 6) is -0.622. The lowest BCUT2D eigenvalue weighted by Gasteiger charge is -2.22. The Bertz CT molecular complexity index is 664. The summed E-state index contributed by atoms with van der Waals surface area (Å²) >= 11 is 4.96. The van der Waals surface area contributed by atoms with Crippen molar-refractivity contribution in [2.75, 3.05) is 11.6 Å². The first kappa shape index (κ1) is 16.6. The maximum Gasteiger partial charge on any atom is 0.245 e. The minimum atomic E-state index is -3.54. The van der Waals surface area contributed by atoms with Crippen LogP contribution in [0.2, 0.25) is 0 Å². The molecule has 0 aliphatic heterocycles. The number of benzene rings is 1. The van der Waals surface area contributed by atoms with Crippen molar-refractivity contribution in [1.29, 1.82) is 0 Å². The van der Waals surface area contributed by atoms with Gasteiger partial charge in [0, 0.05) is 11.8 Å². The van der Waals surface area contributed by atoms with E-state index in [1.54, 1.807) is 12.1 Å². The van der Waals surface area contributed by atoms with Crippen LogP contribution in [0, 0.1) is 6.92 Å². The number of nitrogens with one attached hydrogen (secondary N) is 1. The van der Waals surface area contributed by atoms with Crippen LogP contribution < -0.4 is 11.1 Å². The second-order valence-electron chi connectivity index (χ2n) is 5.10. The SMILES string of the molecule is Cc1cccc(NC(=O)C(C)(C)S(C)(=O)=O)c1C(N)=S. The third-order valence-corrected chi connectivity index (χ3v) is 5.48. The van der Waals surface area contributed by atoms with Crippen LogP contribution in [0.1, 0.15) is 25.0 Å². The highest BCUT2D eigenvalue weighted by Gasteiger charge is 2.38. The third-order valence-electron chi connectivity index (χ3n) is 3.24. The smallest absolute Gasteiger partial charge is 0.245 e. The second kappa shape index (κ2) is 5.49. The van der Waals surface area contributed by atoms with Crippen LogP contribution in [0.3, 0.4) is 0 Å². The number of rotatable bonds is 4. The summed E-state index contributed by atoms with van der Waals surface area (Å²) < 4.78 is 21.8. The fourth-order valence-corrected chi connectivity index (χ4v) is 2.20. The van der Waals surface area contributed by atoms with Crippen molar-refractivity contribution in [2.45, 2.75) is 25.5 Å². The van der Waals surface area contributed by atoms with Crippen LogP contribution >= 0.6 is 12.2 Å². The van der Waals surface area contributed by atoms with Gasteiger partial charge in [0.15, 0.2) is 9.84 Å². The van der Waals surface area contributed by atoms with Gasteiger partial charge in [-0.25, -0.2) is 8.42 Å². The minimum absolute atomic E-state index is 0.149. The van der Waals surface area contributed by atoms with Crippen molar-refractivity contribution in [3.8, 4) is 0 Å². The first-order valence-electron chi connectivity index (χ1n) is 5.89. The highest BCUT2D eigenvalue weighted by atomic mass is 32.2. The quantitative estimate of drug-likeness (QED) is 0.820. The van der Waals surface area contributed by atoms with Crippen molar-refractivity contribution in [3.05, 3.63) is 29.3 Å². The van der Waals surface area contributed by atoms with Gasteiger partial charge < -0.3 is 11.1 Å². The Morgan fingerprint density at radius 1 is 1.35 bits per heavy atom. The molecule has 0 aliphatic carbocycles. The largest absolute Gasteiger partial charge is 0.389 e. The van der Waals surface area contributed by atoms with E-state index in [0.29, 0.717) is 11.3 Å². The Hall–Kier alpha value is -1.47. The van der Waals surface area contributed by atoms with Gasteiger partial charge in [0.05, 0.1) is 5.69 Å². The number of nitrogens with two attached hydrogens (primary N) is 1. The van der Waals surface area contributed by atoms with Gasteiger partial charge in [0.1, 0.15) is 9.74 Å². The molecule has 0 aromatic heterocycles. The molecule has 20 heavy (non-hydrogen) atoms. The normalized spacial score (nSPS) is 12.0. The number of amides is 1. The molecule has 3 N–H and O–H groups in total. The van der Waals surface area contributed by atoms with E-state index in [4.69, 9.17) is 18.0 Å². The van der Waals surface area contributed by atoms with Crippen molar-refractivity contribution >= 4 is 38.6 Å². The topological polar surface area (TPSA) is 89.3 Å². The standard InChI is InChI=1S/C13H18N2O3S2/c1-8-6-5-7-9(10(8)11(14)19)15-12(16)13(2,3)20(4,17)18/h5-7H,1-4H3,(H2,14,19)(H,15,16). The van der Waals surface area contributed by atoms with Gasteiger partial charge in [-0.1, -0.05) is 24.4 Å². The molecule has 0 spiro atoms. The van der Waals surface area contributed by atoms with E-state index in [2.05, 4.69) is 5.32 Å². The number of sulfone groups is 1. The highest BCUT2D eigenvalue weighted by Crippen LogP contribution is 2.23. The summed E-state index contributed by atoms with van der Waals surface area (Å²) in [6.07, 6.45) is 1.03. The molecule has 1 aromatic carbocycles. The van der Waals surface area contributed by atoms with E-state index < -0.39 is 20.5 Å². The van der Waals surface area contributed by atoms with Gasteiger partial charge in [-0.15, -0.1) is 0 Å². The first-order valence-corrected chi connectivity index (χ1v) is 8.19. The van der Waals surface area contributed by atoms with E-state index >= 15 is 0 Å². The van der Waals surface area contributed by atoms with Gasteiger partial charge in [0.2, 0.25) is 5.91 Å². The van der Waals surface area contributed by atoms with E-state index in [0.717, 1.165) is 11.8 Å². The fourth-order valence-electron chi connectivity index (χ4n) is 1.54. The van der Waals surface area contributed by atoms with Crippen LogP contribution in [-0.2, 0) is 14.6 Å².